The lowest BCUT2D eigenvalue weighted by Gasteiger charge is -2.11. The number of likely N-dealkylation sites (N-methyl/N-ethyl adjacent to an activating group) is 1. The molecule has 82 valence electrons. The van der Waals surface area contributed by atoms with E-state index in [1.807, 2.05) is 12.1 Å². The third-order valence-corrected chi connectivity index (χ3v) is 3.23. The second kappa shape index (κ2) is 3.01. The Kier molecular flexibility index (Phi) is 1.74. The summed E-state index contributed by atoms with van der Waals surface area (Å²) in [5.74, 6) is -0.906. The van der Waals surface area contributed by atoms with Gasteiger partial charge in [0, 0.05) is 30.2 Å². The van der Waals surface area contributed by atoms with Crippen molar-refractivity contribution in [3.8, 4) is 0 Å². The van der Waals surface area contributed by atoms with Gasteiger partial charge in [0.2, 0.25) is 0 Å². The molecule has 0 bridgehead atoms. The number of aromatic carboxylic acids is 1. The molecule has 0 radical (unpaired) electrons. The number of H-pyrrole nitrogens is 1. The molecule has 4 heteroatoms. The summed E-state index contributed by atoms with van der Waals surface area (Å²) >= 11 is 0. The maximum Gasteiger partial charge on any atom is 0.352 e. The number of carboxylic acids is 1. The minimum Gasteiger partial charge on any atom is -0.477 e. The van der Waals surface area contributed by atoms with E-state index in [0.29, 0.717) is 0 Å². The molecule has 1 aliphatic rings. The fraction of sp³-hybridized carbons (Fsp3) is 0.250. The van der Waals surface area contributed by atoms with E-state index >= 15 is 0 Å². The molecule has 4 nitrogen and oxygen atoms in total. The number of aromatic nitrogens is 1. The van der Waals surface area contributed by atoms with Crippen molar-refractivity contribution in [2.75, 3.05) is 18.5 Å². The number of nitrogens with zero attached hydrogens (tertiary/aromatic N) is 1. The number of hydrogen-bond donors (Lipinski definition) is 2. The van der Waals surface area contributed by atoms with Gasteiger partial charge < -0.3 is 15.0 Å². The second-order valence-electron chi connectivity index (χ2n) is 4.18. The number of aromatic amines is 1. The van der Waals surface area contributed by atoms with Crippen LogP contribution in [0.5, 0.6) is 0 Å². The van der Waals surface area contributed by atoms with Crippen molar-refractivity contribution in [1.29, 1.82) is 0 Å². The van der Waals surface area contributed by atoms with E-state index in [-0.39, 0.29) is 5.69 Å². The maximum absolute atomic E-state index is 10.9. The third kappa shape index (κ3) is 1.13. The molecule has 0 aliphatic carbocycles. The van der Waals surface area contributed by atoms with Crippen LogP contribution in [0.15, 0.2) is 18.2 Å². The molecule has 0 unspecified atom stereocenters. The molecule has 0 saturated carbocycles. The second-order valence-corrected chi connectivity index (χ2v) is 4.18. The molecule has 0 spiro atoms. The van der Waals surface area contributed by atoms with Gasteiger partial charge in [-0.15, -0.1) is 0 Å². The van der Waals surface area contributed by atoms with Crippen LogP contribution >= 0.6 is 0 Å². The van der Waals surface area contributed by atoms with Crippen molar-refractivity contribution in [2.24, 2.45) is 0 Å². The third-order valence-electron chi connectivity index (χ3n) is 3.23. The zero-order chi connectivity index (χ0) is 11.3. The fourth-order valence-electron chi connectivity index (χ4n) is 2.39. The number of carbonyl (C=O) groups is 1. The summed E-state index contributed by atoms with van der Waals surface area (Å²) in [5.41, 5.74) is 3.64. The molecule has 2 heterocycles. The Morgan fingerprint density at radius 2 is 2.31 bits per heavy atom. The molecular weight excluding hydrogens is 204 g/mol. The van der Waals surface area contributed by atoms with Crippen LogP contribution in [-0.4, -0.2) is 29.7 Å². The van der Waals surface area contributed by atoms with Gasteiger partial charge in [0.25, 0.3) is 0 Å². The van der Waals surface area contributed by atoms with Crippen molar-refractivity contribution >= 4 is 22.6 Å². The highest BCUT2D eigenvalue weighted by molar-refractivity contribution is 5.97. The zero-order valence-corrected chi connectivity index (χ0v) is 8.95. The molecule has 1 aliphatic heterocycles. The van der Waals surface area contributed by atoms with Crippen LogP contribution in [0.4, 0.5) is 5.69 Å². The monoisotopic (exact) mass is 216 g/mol. The highest BCUT2D eigenvalue weighted by Crippen LogP contribution is 2.33. The molecule has 0 saturated heterocycles. The first kappa shape index (κ1) is 9.27. The Morgan fingerprint density at radius 1 is 1.50 bits per heavy atom. The molecule has 1 aromatic heterocycles. The van der Waals surface area contributed by atoms with Crippen LogP contribution in [0.2, 0.25) is 0 Å². The van der Waals surface area contributed by atoms with Crippen LogP contribution in [-0.2, 0) is 6.42 Å². The van der Waals surface area contributed by atoms with Crippen LogP contribution < -0.4 is 4.90 Å². The average molecular weight is 216 g/mol. The molecule has 3 rings (SSSR count). The van der Waals surface area contributed by atoms with E-state index < -0.39 is 5.97 Å². The van der Waals surface area contributed by atoms with E-state index in [4.69, 9.17) is 5.11 Å². The standard InChI is InChI=1S/C12H12N2O2/c1-14-5-4-7-8-6-10(12(15)16)13-9(8)2-3-11(7)14/h2-3,6,13H,4-5H2,1H3,(H,15,16). The van der Waals surface area contributed by atoms with Gasteiger partial charge in [-0.1, -0.05) is 0 Å². The topological polar surface area (TPSA) is 56.3 Å². The van der Waals surface area contributed by atoms with E-state index in [1.54, 1.807) is 6.07 Å². The Bertz CT molecular complexity index is 586. The van der Waals surface area contributed by atoms with E-state index in [9.17, 15) is 4.79 Å². The predicted octanol–water partition coefficient (Wildman–Crippen LogP) is 1.86. The van der Waals surface area contributed by atoms with Crippen molar-refractivity contribution in [3.05, 3.63) is 29.5 Å². The summed E-state index contributed by atoms with van der Waals surface area (Å²) in [6.07, 6.45) is 0.986. The van der Waals surface area contributed by atoms with Gasteiger partial charge in [-0.2, -0.15) is 0 Å². The fourth-order valence-corrected chi connectivity index (χ4v) is 2.39. The first-order chi connectivity index (χ1) is 7.66. The van der Waals surface area contributed by atoms with E-state index in [0.717, 1.165) is 23.9 Å². The van der Waals surface area contributed by atoms with Gasteiger partial charge in [-0.05, 0) is 30.2 Å². The number of fused-ring (bicyclic) bond motifs is 3. The summed E-state index contributed by atoms with van der Waals surface area (Å²) in [4.78, 5) is 16.0. The first-order valence-corrected chi connectivity index (χ1v) is 5.26. The molecule has 16 heavy (non-hydrogen) atoms. The van der Waals surface area contributed by atoms with Crippen LogP contribution in [0, 0.1) is 0 Å². The maximum atomic E-state index is 10.9. The number of benzene rings is 1. The van der Waals surface area contributed by atoms with Gasteiger partial charge in [0.1, 0.15) is 5.69 Å². The normalized spacial score (nSPS) is 14.4. The number of anilines is 1. The molecule has 2 N–H and O–H groups in total. The van der Waals surface area contributed by atoms with Crippen molar-refractivity contribution in [2.45, 2.75) is 6.42 Å². The van der Waals surface area contributed by atoms with Gasteiger partial charge >= 0.3 is 5.97 Å². The molecule has 0 atom stereocenters. The Hall–Kier alpha value is -1.97. The van der Waals surface area contributed by atoms with Crippen LogP contribution in [0.3, 0.4) is 0 Å². The average Bonchev–Trinajstić information content (AvgIpc) is 2.81. The van der Waals surface area contributed by atoms with Crippen molar-refractivity contribution in [1.82, 2.24) is 4.98 Å². The zero-order valence-electron chi connectivity index (χ0n) is 8.95. The predicted molar refractivity (Wildman–Crippen MR) is 62.2 cm³/mol. The SMILES string of the molecule is CN1CCc2c1ccc1[nH]c(C(=O)O)cc21. The minimum atomic E-state index is -0.906. The molecule has 1 aromatic carbocycles. The summed E-state index contributed by atoms with van der Waals surface area (Å²) < 4.78 is 0. The van der Waals surface area contributed by atoms with E-state index in [2.05, 4.69) is 16.9 Å². The summed E-state index contributed by atoms with van der Waals surface area (Å²) in [5, 5.41) is 9.99. The molecular formula is C12H12N2O2. The summed E-state index contributed by atoms with van der Waals surface area (Å²) in [7, 11) is 2.06. The highest BCUT2D eigenvalue weighted by Gasteiger charge is 2.20. The van der Waals surface area contributed by atoms with Crippen LogP contribution in [0.25, 0.3) is 10.9 Å². The Balaban J connectivity index is 2.29. The number of nitrogens with one attached hydrogen (secondary N) is 1. The lowest BCUT2D eigenvalue weighted by Crippen LogP contribution is -2.12. The van der Waals surface area contributed by atoms with Gasteiger partial charge in [-0.3, -0.25) is 0 Å². The smallest absolute Gasteiger partial charge is 0.352 e. The lowest BCUT2D eigenvalue weighted by molar-refractivity contribution is 0.0691. The molecule has 0 amide bonds. The van der Waals surface area contributed by atoms with Gasteiger partial charge in [-0.25, -0.2) is 4.79 Å². The molecule has 2 aromatic rings. The Morgan fingerprint density at radius 3 is 3.06 bits per heavy atom. The number of hydrogen-bond acceptors (Lipinski definition) is 2. The van der Waals surface area contributed by atoms with Gasteiger partial charge in [0.15, 0.2) is 0 Å². The van der Waals surface area contributed by atoms with Crippen molar-refractivity contribution in [3.63, 3.8) is 0 Å². The number of carboxylic acid groups (broad SMARTS) is 1. The quantitative estimate of drug-likeness (QED) is 0.765. The molecule has 0 fully saturated rings. The lowest BCUT2D eigenvalue weighted by atomic mass is 10.1. The van der Waals surface area contributed by atoms with Crippen LogP contribution in [0.1, 0.15) is 16.1 Å². The van der Waals surface area contributed by atoms with Gasteiger partial charge in [0.05, 0.1) is 0 Å². The summed E-state index contributed by atoms with van der Waals surface area (Å²) in [6.45, 7) is 1.00. The van der Waals surface area contributed by atoms with E-state index in [1.165, 1.54) is 11.3 Å². The minimum absolute atomic E-state index is 0.262. The largest absolute Gasteiger partial charge is 0.477 e. The van der Waals surface area contributed by atoms with Crippen molar-refractivity contribution < 1.29 is 9.90 Å². The summed E-state index contributed by atoms with van der Waals surface area (Å²) in [6, 6.07) is 5.73. The highest BCUT2D eigenvalue weighted by atomic mass is 16.4. The Labute approximate surface area is 92.5 Å². The first-order valence-electron chi connectivity index (χ1n) is 5.26. The number of rotatable bonds is 1.